The molecular weight excluding hydrogens is 529 g/mol. The number of aromatic nitrogens is 6. The minimum Gasteiger partial charge on any atom is -0.394 e. The van der Waals surface area contributed by atoms with Crippen LogP contribution in [0.3, 0.4) is 0 Å². The summed E-state index contributed by atoms with van der Waals surface area (Å²) in [6.07, 6.45) is -1.53. The van der Waals surface area contributed by atoms with Crippen molar-refractivity contribution in [1.82, 2.24) is 35.2 Å². The summed E-state index contributed by atoms with van der Waals surface area (Å²) >= 11 is 0. The van der Waals surface area contributed by atoms with Gasteiger partial charge in [0, 0.05) is 19.0 Å². The van der Waals surface area contributed by atoms with Crippen LogP contribution in [-0.4, -0.2) is 81.8 Å². The SMILES string of the molecule is N.Nc1ccn([C@H]2C[C@H](O)[C@@H](COP(=O)(O)O[C@H]3C[C@H](n4cnc5c(N)ncnc54)O[C@@H]3CO)O2)c(=O)n1. The Bertz CT molecular complexity index is 1390. The first kappa shape index (κ1) is 28.0. The van der Waals surface area contributed by atoms with Gasteiger partial charge in [-0.05, 0) is 6.07 Å². The van der Waals surface area contributed by atoms with Crippen molar-refractivity contribution >= 4 is 30.6 Å². The van der Waals surface area contributed by atoms with Gasteiger partial charge in [0.25, 0.3) is 0 Å². The van der Waals surface area contributed by atoms with E-state index >= 15 is 0 Å². The van der Waals surface area contributed by atoms with E-state index < -0.39 is 63.6 Å². The molecule has 2 aliphatic heterocycles. The van der Waals surface area contributed by atoms with Crippen LogP contribution in [0.15, 0.2) is 29.7 Å². The van der Waals surface area contributed by atoms with Crippen LogP contribution in [0, 0.1) is 0 Å². The van der Waals surface area contributed by atoms with Gasteiger partial charge in [0.15, 0.2) is 11.5 Å². The third kappa shape index (κ3) is 5.53. The lowest BCUT2D eigenvalue weighted by atomic mass is 10.2. The standard InChI is InChI=1S/C19H25N8O9P.H3N/c20-13-1-2-26(19(30)25-13)14-3-9(29)12(35-14)6-33-37(31,32)36-10-4-15(34-11(10)5-28)27-8-24-16-17(21)22-7-23-18(16)27;/h1-2,7-12,14-15,28-29H,3-6H2,(H,31,32)(H2,20,25,30)(H2,21,22,23);1H3/t9-,10-,11+,12+,14+,15+;/m0./s1. The van der Waals surface area contributed by atoms with Crippen LogP contribution in [0.1, 0.15) is 25.3 Å². The van der Waals surface area contributed by atoms with E-state index in [1.807, 2.05) is 0 Å². The minimum absolute atomic E-state index is 0. The molecule has 18 nitrogen and oxygen atoms in total. The summed E-state index contributed by atoms with van der Waals surface area (Å²) in [4.78, 5) is 38.1. The van der Waals surface area contributed by atoms with Gasteiger partial charge in [-0.1, -0.05) is 0 Å². The number of nitrogens with zero attached hydrogens (tertiary/aromatic N) is 6. The van der Waals surface area contributed by atoms with Gasteiger partial charge in [0.05, 0.1) is 25.6 Å². The number of phosphoric acid groups is 1. The molecule has 3 aromatic rings. The third-order valence-corrected chi connectivity index (χ3v) is 7.11. The zero-order valence-electron chi connectivity index (χ0n) is 19.9. The molecule has 1 unspecified atom stereocenters. The fourth-order valence-corrected chi connectivity index (χ4v) is 5.24. The lowest BCUT2D eigenvalue weighted by molar-refractivity contribution is -0.0566. The first-order valence-electron chi connectivity index (χ1n) is 11.2. The molecule has 208 valence electrons. The van der Waals surface area contributed by atoms with Crippen molar-refractivity contribution in [3.05, 3.63) is 35.4 Å². The van der Waals surface area contributed by atoms with Crippen molar-refractivity contribution in [3.8, 4) is 0 Å². The first-order chi connectivity index (χ1) is 17.6. The average molecular weight is 557 g/mol. The molecule has 0 saturated carbocycles. The van der Waals surface area contributed by atoms with Crippen molar-refractivity contribution in [2.24, 2.45) is 0 Å². The number of rotatable bonds is 8. The average Bonchev–Trinajstić information content (AvgIpc) is 3.54. The van der Waals surface area contributed by atoms with Gasteiger partial charge in [-0.3, -0.25) is 18.2 Å². The highest BCUT2D eigenvalue weighted by atomic mass is 31.2. The first-order valence-corrected chi connectivity index (χ1v) is 12.7. The number of hydrogen-bond acceptors (Lipinski definition) is 15. The van der Waals surface area contributed by atoms with E-state index in [0.29, 0.717) is 11.2 Å². The molecular formula is C19H28N9O9P. The van der Waals surface area contributed by atoms with E-state index in [4.69, 9.17) is 30.0 Å². The summed E-state index contributed by atoms with van der Waals surface area (Å²) in [6, 6.07) is 1.40. The van der Waals surface area contributed by atoms with Crippen molar-refractivity contribution in [2.45, 2.75) is 49.7 Å². The maximum atomic E-state index is 12.7. The second-order valence-electron chi connectivity index (χ2n) is 8.51. The number of phosphoric ester groups is 1. The van der Waals surface area contributed by atoms with Crippen LogP contribution in [0.5, 0.6) is 0 Å². The predicted octanol–water partition coefficient (Wildman–Crippen LogP) is -1.16. The lowest BCUT2D eigenvalue weighted by Crippen LogP contribution is -2.29. The minimum atomic E-state index is -4.69. The fourth-order valence-electron chi connectivity index (χ4n) is 4.28. The molecule has 2 saturated heterocycles. The highest BCUT2D eigenvalue weighted by molar-refractivity contribution is 7.47. The zero-order valence-corrected chi connectivity index (χ0v) is 20.8. The van der Waals surface area contributed by atoms with Crippen LogP contribution in [-0.2, 0) is 23.1 Å². The van der Waals surface area contributed by atoms with Crippen LogP contribution >= 0.6 is 7.82 Å². The van der Waals surface area contributed by atoms with E-state index in [2.05, 4.69) is 19.9 Å². The number of nitrogens with two attached hydrogens (primary N) is 2. The monoisotopic (exact) mass is 557 g/mol. The van der Waals surface area contributed by atoms with Crippen molar-refractivity contribution < 1.29 is 38.2 Å². The molecule has 7 atom stereocenters. The largest absolute Gasteiger partial charge is 0.472 e. The number of aliphatic hydroxyl groups is 2. The molecule has 5 rings (SSSR count). The Balaban J connectivity index is 0.00000336. The summed E-state index contributed by atoms with van der Waals surface area (Å²) in [6.45, 7) is -1.01. The molecule has 0 aromatic carbocycles. The van der Waals surface area contributed by atoms with Gasteiger partial charge in [-0.2, -0.15) is 4.98 Å². The molecule has 2 fully saturated rings. The molecule has 5 heterocycles. The Labute approximate surface area is 214 Å². The van der Waals surface area contributed by atoms with E-state index in [-0.39, 0.29) is 30.6 Å². The summed E-state index contributed by atoms with van der Waals surface area (Å²) in [7, 11) is -4.69. The number of hydrogen-bond donors (Lipinski definition) is 6. The Hall–Kier alpha value is -3.06. The molecule has 10 N–H and O–H groups in total. The van der Waals surface area contributed by atoms with Crippen LogP contribution < -0.4 is 23.3 Å². The molecule has 0 bridgehead atoms. The van der Waals surface area contributed by atoms with Crippen molar-refractivity contribution in [1.29, 1.82) is 0 Å². The van der Waals surface area contributed by atoms with Gasteiger partial charge in [0.1, 0.15) is 48.4 Å². The maximum Gasteiger partial charge on any atom is 0.472 e. The Kier molecular flexibility index (Phi) is 8.07. The molecule has 2 aliphatic rings. The molecule has 38 heavy (non-hydrogen) atoms. The second-order valence-corrected chi connectivity index (χ2v) is 9.92. The number of nitrogen functional groups attached to an aromatic ring is 2. The molecule has 0 aliphatic carbocycles. The van der Waals surface area contributed by atoms with Gasteiger partial charge in [-0.15, -0.1) is 0 Å². The summed E-state index contributed by atoms with van der Waals surface area (Å²) in [5.74, 6) is 0.216. The zero-order chi connectivity index (χ0) is 26.3. The molecule has 0 radical (unpaired) electrons. The van der Waals surface area contributed by atoms with E-state index in [9.17, 15) is 24.5 Å². The Morgan fingerprint density at radius 3 is 2.61 bits per heavy atom. The number of fused-ring (bicyclic) bond motifs is 1. The molecule has 0 spiro atoms. The van der Waals surface area contributed by atoms with E-state index in [1.165, 1.54) is 24.9 Å². The predicted molar refractivity (Wildman–Crippen MR) is 128 cm³/mol. The third-order valence-electron chi connectivity index (χ3n) is 6.09. The number of imidazole rings is 1. The van der Waals surface area contributed by atoms with Crippen LogP contribution in [0.4, 0.5) is 11.6 Å². The quantitative estimate of drug-likeness (QED) is 0.178. The normalized spacial score (nSPS) is 28.8. The molecule has 19 heteroatoms. The van der Waals surface area contributed by atoms with Gasteiger partial charge >= 0.3 is 13.5 Å². The number of ether oxygens (including phenoxy) is 2. The second kappa shape index (κ2) is 11.0. The highest BCUT2D eigenvalue weighted by Crippen LogP contribution is 2.49. The van der Waals surface area contributed by atoms with Gasteiger partial charge < -0.3 is 42.2 Å². The van der Waals surface area contributed by atoms with Gasteiger partial charge in [0.2, 0.25) is 0 Å². The van der Waals surface area contributed by atoms with E-state index in [0.717, 1.165) is 4.57 Å². The summed E-state index contributed by atoms with van der Waals surface area (Å²) in [5, 5.41) is 20.1. The maximum absolute atomic E-state index is 12.7. The van der Waals surface area contributed by atoms with Crippen molar-refractivity contribution in [2.75, 3.05) is 24.7 Å². The Morgan fingerprint density at radius 2 is 1.87 bits per heavy atom. The lowest BCUT2D eigenvalue weighted by Gasteiger charge is -2.21. The van der Waals surface area contributed by atoms with Crippen molar-refractivity contribution in [3.63, 3.8) is 0 Å². The molecule has 3 aromatic heterocycles. The fraction of sp³-hybridized carbons (Fsp3) is 0.526. The Morgan fingerprint density at radius 1 is 1.13 bits per heavy atom. The number of anilines is 2. The van der Waals surface area contributed by atoms with Gasteiger partial charge in [-0.25, -0.2) is 24.3 Å². The van der Waals surface area contributed by atoms with E-state index in [1.54, 1.807) is 4.57 Å². The van der Waals surface area contributed by atoms with Crippen LogP contribution in [0.2, 0.25) is 0 Å². The smallest absolute Gasteiger partial charge is 0.394 e. The van der Waals surface area contributed by atoms with Crippen LogP contribution in [0.25, 0.3) is 11.2 Å². The molecule has 0 amide bonds. The summed E-state index contributed by atoms with van der Waals surface area (Å²) < 4.78 is 37.2. The highest BCUT2D eigenvalue weighted by Gasteiger charge is 2.43. The number of aliphatic hydroxyl groups excluding tert-OH is 2. The topological polar surface area (TPSA) is 280 Å². The summed E-state index contributed by atoms with van der Waals surface area (Å²) in [5.41, 5.74) is 11.4.